The highest BCUT2D eigenvalue weighted by Crippen LogP contribution is 2.21. The van der Waals surface area contributed by atoms with E-state index in [1.807, 2.05) is 0 Å². The number of allylic oxidation sites excluding steroid dienone is 2. The second-order valence-corrected chi connectivity index (χ2v) is 4.32. The number of nitrogens with one attached hydrogen (secondary N) is 1. The molecule has 1 aliphatic rings. The molecule has 0 saturated carbocycles. The topological polar surface area (TPSA) is 72.2 Å². The monoisotopic (exact) mass is 243 g/mol. The molecule has 2 aromatic rings. The van der Waals surface area contributed by atoms with Gasteiger partial charge in [0.05, 0.1) is 0 Å². The predicted octanol–water partition coefficient (Wildman–Crippen LogP) is 1.42. The van der Waals surface area contributed by atoms with Crippen LogP contribution in [0.5, 0.6) is 0 Å². The quantitative estimate of drug-likeness (QED) is 0.827. The van der Waals surface area contributed by atoms with Crippen molar-refractivity contribution in [2.45, 2.75) is 19.3 Å². The molecule has 6 nitrogen and oxygen atoms in total. The molecule has 18 heavy (non-hydrogen) atoms. The first-order valence-corrected chi connectivity index (χ1v) is 5.94. The zero-order valence-electron chi connectivity index (χ0n) is 9.78. The van der Waals surface area contributed by atoms with Crippen LogP contribution in [0.1, 0.15) is 19.3 Å². The van der Waals surface area contributed by atoms with Gasteiger partial charge >= 0.3 is 0 Å². The molecule has 2 aromatic heterocycles. The fourth-order valence-electron chi connectivity index (χ4n) is 2.13. The van der Waals surface area contributed by atoms with Crippen LogP contribution in [0.25, 0.3) is 5.65 Å². The van der Waals surface area contributed by atoms with Crippen LogP contribution in [0.15, 0.2) is 30.9 Å². The molecule has 1 amide bonds. The first-order valence-electron chi connectivity index (χ1n) is 5.94. The molecule has 2 heterocycles. The van der Waals surface area contributed by atoms with E-state index in [9.17, 15) is 4.79 Å². The Balaban J connectivity index is 1.73. The summed E-state index contributed by atoms with van der Waals surface area (Å²) in [5, 5.41) is 6.78. The van der Waals surface area contributed by atoms with Gasteiger partial charge in [-0.15, -0.1) is 0 Å². The Hall–Kier alpha value is -2.24. The Morgan fingerprint density at radius 2 is 2.44 bits per heavy atom. The average Bonchev–Trinajstić information content (AvgIpc) is 2.99. The number of hydrogen-bond acceptors (Lipinski definition) is 4. The van der Waals surface area contributed by atoms with Gasteiger partial charge in [0.2, 0.25) is 5.91 Å². The number of aromatic nitrogens is 4. The molecule has 92 valence electrons. The van der Waals surface area contributed by atoms with Crippen molar-refractivity contribution < 1.29 is 4.79 Å². The second-order valence-electron chi connectivity index (χ2n) is 4.32. The van der Waals surface area contributed by atoms with Gasteiger partial charge in [0, 0.05) is 18.8 Å². The largest absolute Gasteiger partial charge is 0.307 e. The van der Waals surface area contributed by atoms with Crippen molar-refractivity contribution in [2.24, 2.45) is 5.92 Å². The normalized spacial score (nSPS) is 18.3. The van der Waals surface area contributed by atoms with Gasteiger partial charge in [0.1, 0.15) is 6.33 Å². The molecular weight excluding hydrogens is 230 g/mol. The van der Waals surface area contributed by atoms with E-state index in [4.69, 9.17) is 0 Å². The number of imidazole rings is 1. The molecule has 0 aromatic carbocycles. The van der Waals surface area contributed by atoms with E-state index in [0.29, 0.717) is 23.8 Å². The molecule has 1 N–H and O–H groups in total. The first-order chi connectivity index (χ1) is 8.83. The highest BCUT2D eigenvalue weighted by Gasteiger charge is 2.15. The van der Waals surface area contributed by atoms with E-state index < -0.39 is 0 Å². The molecule has 0 aliphatic heterocycles. The van der Waals surface area contributed by atoms with Crippen molar-refractivity contribution in [3.8, 4) is 0 Å². The number of amides is 1. The standard InChI is InChI=1S/C12H13N5O/c18-10(7-9-3-1-2-4-9)16-11-12-13-5-6-17(12)15-8-14-11/h1,3,5-6,8-9H,2,4,7H2,(H,14,15,16,18). The van der Waals surface area contributed by atoms with Crippen molar-refractivity contribution in [2.75, 3.05) is 5.32 Å². The van der Waals surface area contributed by atoms with Crippen LogP contribution in [-0.4, -0.2) is 25.5 Å². The van der Waals surface area contributed by atoms with Crippen LogP contribution in [0.3, 0.4) is 0 Å². The zero-order valence-corrected chi connectivity index (χ0v) is 9.78. The van der Waals surface area contributed by atoms with Gasteiger partial charge < -0.3 is 5.32 Å². The number of nitrogens with zero attached hydrogens (tertiary/aromatic N) is 4. The molecular formula is C12H13N5O. The number of carbonyl (C=O) groups excluding carboxylic acids is 1. The summed E-state index contributed by atoms with van der Waals surface area (Å²) in [5.41, 5.74) is 0.563. The highest BCUT2D eigenvalue weighted by molar-refractivity contribution is 5.92. The molecule has 0 radical (unpaired) electrons. The van der Waals surface area contributed by atoms with E-state index in [1.54, 1.807) is 16.9 Å². The van der Waals surface area contributed by atoms with Gasteiger partial charge in [-0.05, 0) is 18.8 Å². The summed E-state index contributed by atoms with van der Waals surface area (Å²) in [4.78, 5) is 20.1. The number of rotatable bonds is 3. The van der Waals surface area contributed by atoms with Gasteiger partial charge in [0.15, 0.2) is 11.5 Å². The van der Waals surface area contributed by atoms with Crippen molar-refractivity contribution in [3.05, 3.63) is 30.9 Å². The SMILES string of the molecule is O=C(CC1C=CCC1)Nc1ncnn2ccnc12. The lowest BCUT2D eigenvalue weighted by Gasteiger charge is -2.08. The zero-order chi connectivity index (χ0) is 12.4. The summed E-state index contributed by atoms with van der Waals surface area (Å²) in [6.45, 7) is 0. The molecule has 0 spiro atoms. The Bertz CT molecular complexity index is 603. The maximum atomic E-state index is 11.9. The van der Waals surface area contributed by atoms with Gasteiger partial charge in [0.25, 0.3) is 0 Å². The maximum absolute atomic E-state index is 11.9. The lowest BCUT2D eigenvalue weighted by molar-refractivity contribution is -0.116. The minimum atomic E-state index is -0.0323. The van der Waals surface area contributed by atoms with E-state index in [2.05, 4.69) is 32.5 Å². The van der Waals surface area contributed by atoms with E-state index in [-0.39, 0.29) is 5.91 Å². The summed E-state index contributed by atoms with van der Waals surface area (Å²) >= 11 is 0. The summed E-state index contributed by atoms with van der Waals surface area (Å²) in [5.74, 6) is 0.778. The number of hydrogen-bond donors (Lipinski definition) is 1. The molecule has 0 fully saturated rings. The summed E-state index contributed by atoms with van der Waals surface area (Å²) in [6, 6.07) is 0. The fraction of sp³-hybridized carbons (Fsp3) is 0.333. The van der Waals surface area contributed by atoms with Gasteiger partial charge in [-0.3, -0.25) is 4.79 Å². The van der Waals surface area contributed by atoms with Crippen LogP contribution in [-0.2, 0) is 4.79 Å². The third-order valence-electron chi connectivity index (χ3n) is 3.01. The Kier molecular flexibility index (Phi) is 2.76. The Labute approximate surface area is 104 Å². The van der Waals surface area contributed by atoms with Crippen LogP contribution < -0.4 is 5.32 Å². The molecule has 0 bridgehead atoms. The fourth-order valence-corrected chi connectivity index (χ4v) is 2.13. The van der Waals surface area contributed by atoms with Crippen LogP contribution in [0.4, 0.5) is 5.82 Å². The Morgan fingerprint density at radius 1 is 1.50 bits per heavy atom. The maximum Gasteiger partial charge on any atom is 0.226 e. The predicted molar refractivity (Wildman–Crippen MR) is 65.9 cm³/mol. The summed E-state index contributed by atoms with van der Waals surface area (Å²) in [7, 11) is 0. The molecule has 3 rings (SSSR count). The number of fused-ring (bicyclic) bond motifs is 1. The lowest BCUT2D eigenvalue weighted by Crippen LogP contribution is -2.16. The van der Waals surface area contributed by atoms with Gasteiger partial charge in [-0.2, -0.15) is 5.10 Å². The van der Waals surface area contributed by atoms with E-state index >= 15 is 0 Å². The molecule has 0 saturated heterocycles. The summed E-state index contributed by atoms with van der Waals surface area (Å²) in [6.07, 6.45) is 11.6. The third kappa shape index (κ3) is 2.09. The van der Waals surface area contributed by atoms with E-state index in [1.165, 1.54) is 6.33 Å². The van der Waals surface area contributed by atoms with Crippen molar-refractivity contribution >= 4 is 17.4 Å². The second kappa shape index (κ2) is 4.56. The number of carbonyl (C=O) groups is 1. The van der Waals surface area contributed by atoms with E-state index in [0.717, 1.165) is 12.8 Å². The number of anilines is 1. The van der Waals surface area contributed by atoms with Crippen LogP contribution in [0.2, 0.25) is 0 Å². The lowest BCUT2D eigenvalue weighted by atomic mass is 10.1. The molecule has 1 unspecified atom stereocenters. The minimum absolute atomic E-state index is 0.0323. The van der Waals surface area contributed by atoms with Crippen molar-refractivity contribution in [1.29, 1.82) is 0 Å². The molecule has 1 aliphatic carbocycles. The first kappa shape index (κ1) is 10.9. The Morgan fingerprint density at radius 3 is 3.28 bits per heavy atom. The van der Waals surface area contributed by atoms with Crippen molar-refractivity contribution in [3.63, 3.8) is 0 Å². The van der Waals surface area contributed by atoms with Crippen LogP contribution >= 0.6 is 0 Å². The average molecular weight is 243 g/mol. The van der Waals surface area contributed by atoms with Crippen molar-refractivity contribution in [1.82, 2.24) is 19.6 Å². The summed E-state index contributed by atoms with van der Waals surface area (Å²) < 4.78 is 1.58. The molecule has 6 heteroatoms. The smallest absolute Gasteiger partial charge is 0.226 e. The molecule has 1 atom stereocenters. The van der Waals surface area contributed by atoms with Gasteiger partial charge in [-0.25, -0.2) is 14.5 Å². The van der Waals surface area contributed by atoms with Gasteiger partial charge in [-0.1, -0.05) is 12.2 Å². The van der Waals surface area contributed by atoms with Crippen LogP contribution in [0, 0.1) is 5.92 Å². The minimum Gasteiger partial charge on any atom is -0.307 e. The third-order valence-corrected chi connectivity index (χ3v) is 3.01. The highest BCUT2D eigenvalue weighted by atomic mass is 16.1.